The predicted molar refractivity (Wildman–Crippen MR) is 120 cm³/mol. The maximum Gasteiger partial charge on any atom is 0.416 e. The lowest BCUT2D eigenvalue weighted by Crippen LogP contribution is -2.30. The van der Waals surface area contributed by atoms with Crippen molar-refractivity contribution in [2.45, 2.75) is 71.8 Å². The first-order valence-electron chi connectivity index (χ1n) is 10.9. The number of allylic oxidation sites excluding steroid dienone is 2. The van der Waals surface area contributed by atoms with Crippen molar-refractivity contribution >= 4 is 11.5 Å². The number of carboxylic acids is 1. The van der Waals surface area contributed by atoms with E-state index in [0.717, 1.165) is 12.5 Å². The number of ether oxygens (including phenoxy) is 1. The molecule has 1 atom stereocenters. The number of rotatable bonds is 5. The Balaban J connectivity index is 2.40. The van der Waals surface area contributed by atoms with E-state index < -0.39 is 29.4 Å². The van der Waals surface area contributed by atoms with E-state index in [1.807, 2.05) is 6.08 Å². The number of alkyl halides is 3. The number of hydrogen-bond donors (Lipinski definition) is 1. The summed E-state index contributed by atoms with van der Waals surface area (Å²) in [5.74, 6) is -1.46. The molecular weight excluding hydrogens is 433 g/mol. The second-order valence-electron chi connectivity index (χ2n) is 10.4. The SMILES string of the molecule is Cn1cc(-c2ccc(C(F)(F)F)c(C(OC(C)(C)C)C(=O)O)c2C2=CCC(C)(C)CC2)cn1. The van der Waals surface area contributed by atoms with Crippen LogP contribution < -0.4 is 0 Å². The Morgan fingerprint density at radius 3 is 2.36 bits per heavy atom. The van der Waals surface area contributed by atoms with Crippen LogP contribution in [0.2, 0.25) is 0 Å². The standard InChI is InChI=1S/C25H31F3N2O3/c1-23(2,3)33-21(22(31)32)20-18(25(26,27)28)8-7-17(16-13-29-30(6)14-16)19(20)15-9-11-24(4,5)12-10-15/h7-9,13-14,21H,10-12H2,1-6H3,(H,31,32). The molecule has 5 nitrogen and oxygen atoms in total. The van der Waals surface area contributed by atoms with Gasteiger partial charge in [0.1, 0.15) is 0 Å². The van der Waals surface area contributed by atoms with Crippen molar-refractivity contribution in [3.63, 3.8) is 0 Å². The zero-order valence-corrected chi connectivity index (χ0v) is 19.9. The number of benzene rings is 1. The van der Waals surface area contributed by atoms with Crippen molar-refractivity contribution in [3.8, 4) is 11.1 Å². The van der Waals surface area contributed by atoms with Crippen LogP contribution in [-0.4, -0.2) is 26.5 Å². The summed E-state index contributed by atoms with van der Waals surface area (Å²) in [6.45, 7) is 9.10. The molecule has 1 N–H and O–H groups in total. The van der Waals surface area contributed by atoms with Gasteiger partial charge in [0.15, 0.2) is 6.10 Å². The van der Waals surface area contributed by atoms with Crippen LogP contribution in [0.5, 0.6) is 0 Å². The largest absolute Gasteiger partial charge is 0.479 e. The molecule has 0 saturated carbocycles. The molecule has 1 unspecified atom stereocenters. The Hall–Kier alpha value is -2.61. The van der Waals surface area contributed by atoms with Gasteiger partial charge < -0.3 is 9.84 Å². The molecule has 1 aromatic carbocycles. The molecule has 0 saturated heterocycles. The summed E-state index contributed by atoms with van der Waals surface area (Å²) in [6, 6.07) is 2.37. The summed E-state index contributed by atoms with van der Waals surface area (Å²) in [6.07, 6.45) is 0.688. The first-order chi connectivity index (χ1) is 15.1. The van der Waals surface area contributed by atoms with E-state index in [1.165, 1.54) is 6.07 Å². The fraction of sp³-hybridized carbons (Fsp3) is 0.520. The minimum Gasteiger partial charge on any atom is -0.479 e. The minimum absolute atomic E-state index is 0.0217. The third kappa shape index (κ3) is 5.66. The summed E-state index contributed by atoms with van der Waals surface area (Å²) in [4.78, 5) is 12.3. The zero-order valence-electron chi connectivity index (χ0n) is 19.9. The number of halogens is 3. The molecule has 0 radical (unpaired) electrons. The molecule has 1 aliphatic rings. The van der Waals surface area contributed by atoms with E-state index in [4.69, 9.17) is 4.74 Å². The van der Waals surface area contributed by atoms with Gasteiger partial charge in [-0.25, -0.2) is 4.79 Å². The molecule has 1 heterocycles. The fourth-order valence-electron chi connectivity index (χ4n) is 4.18. The number of hydrogen-bond acceptors (Lipinski definition) is 3. The highest BCUT2D eigenvalue weighted by Crippen LogP contribution is 2.48. The average molecular weight is 465 g/mol. The quantitative estimate of drug-likeness (QED) is 0.539. The normalized spacial score (nSPS) is 17.5. The zero-order chi connectivity index (χ0) is 24.8. The number of aromatic nitrogens is 2. The lowest BCUT2D eigenvalue weighted by Gasteiger charge is -2.33. The number of carbonyl (C=O) groups is 1. The second-order valence-corrected chi connectivity index (χ2v) is 10.4. The summed E-state index contributed by atoms with van der Waals surface area (Å²) in [5.41, 5.74) is -0.175. The number of aryl methyl sites for hydroxylation is 1. The average Bonchev–Trinajstić information content (AvgIpc) is 3.10. The van der Waals surface area contributed by atoms with Crippen molar-refractivity contribution in [2.24, 2.45) is 12.5 Å². The highest BCUT2D eigenvalue weighted by molar-refractivity contribution is 5.88. The highest BCUT2D eigenvalue weighted by atomic mass is 19.4. The van der Waals surface area contributed by atoms with Crippen molar-refractivity contribution in [1.29, 1.82) is 0 Å². The van der Waals surface area contributed by atoms with E-state index >= 15 is 0 Å². The van der Waals surface area contributed by atoms with Crippen LogP contribution >= 0.6 is 0 Å². The maximum absolute atomic E-state index is 14.2. The van der Waals surface area contributed by atoms with Gasteiger partial charge in [0.25, 0.3) is 0 Å². The van der Waals surface area contributed by atoms with Crippen LogP contribution in [0.3, 0.4) is 0 Å². The van der Waals surface area contributed by atoms with Crippen LogP contribution in [0.1, 0.15) is 76.7 Å². The van der Waals surface area contributed by atoms with E-state index in [-0.39, 0.29) is 16.5 Å². The van der Waals surface area contributed by atoms with Gasteiger partial charge in [-0.1, -0.05) is 26.0 Å². The molecule has 0 bridgehead atoms. The molecule has 0 spiro atoms. The van der Waals surface area contributed by atoms with E-state index in [2.05, 4.69) is 18.9 Å². The molecule has 0 aliphatic heterocycles. The highest BCUT2D eigenvalue weighted by Gasteiger charge is 2.42. The van der Waals surface area contributed by atoms with Crippen molar-refractivity contribution in [2.75, 3.05) is 0 Å². The first kappa shape index (κ1) is 25.0. The molecule has 3 rings (SSSR count). The number of nitrogens with zero attached hydrogens (tertiary/aromatic N) is 2. The van der Waals surface area contributed by atoms with Gasteiger partial charge in [0.05, 0.1) is 17.4 Å². The van der Waals surface area contributed by atoms with Gasteiger partial charge in [-0.3, -0.25) is 4.68 Å². The smallest absolute Gasteiger partial charge is 0.416 e. The third-order valence-corrected chi connectivity index (χ3v) is 5.82. The van der Waals surface area contributed by atoms with Crippen LogP contribution in [0, 0.1) is 5.41 Å². The Morgan fingerprint density at radius 1 is 1.24 bits per heavy atom. The van der Waals surface area contributed by atoms with Crippen LogP contribution in [-0.2, 0) is 22.8 Å². The predicted octanol–water partition coefficient (Wildman–Crippen LogP) is 6.64. The fourth-order valence-corrected chi connectivity index (χ4v) is 4.18. The van der Waals surface area contributed by atoms with Crippen molar-refractivity contribution < 1.29 is 27.8 Å². The van der Waals surface area contributed by atoms with E-state index in [0.29, 0.717) is 29.5 Å². The van der Waals surface area contributed by atoms with Crippen LogP contribution in [0.15, 0.2) is 30.6 Å². The molecule has 0 amide bonds. The summed E-state index contributed by atoms with van der Waals surface area (Å²) >= 11 is 0. The van der Waals surface area contributed by atoms with Gasteiger partial charge in [0, 0.05) is 24.4 Å². The Kier molecular flexibility index (Phi) is 6.54. The van der Waals surface area contributed by atoms with E-state index in [1.54, 1.807) is 44.9 Å². The molecular formula is C25H31F3N2O3. The molecule has 180 valence electrons. The minimum atomic E-state index is -4.75. The van der Waals surface area contributed by atoms with Crippen molar-refractivity contribution in [1.82, 2.24) is 9.78 Å². The third-order valence-electron chi connectivity index (χ3n) is 5.82. The van der Waals surface area contributed by atoms with Crippen LogP contribution in [0.25, 0.3) is 16.7 Å². The van der Waals surface area contributed by atoms with E-state index in [9.17, 15) is 23.1 Å². The summed E-state index contributed by atoms with van der Waals surface area (Å²) < 4.78 is 50.0. The molecule has 2 aromatic rings. The molecule has 0 fully saturated rings. The lowest BCUT2D eigenvalue weighted by atomic mass is 9.74. The van der Waals surface area contributed by atoms with Gasteiger partial charge in [-0.2, -0.15) is 18.3 Å². The van der Waals surface area contributed by atoms with Gasteiger partial charge in [0.2, 0.25) is 0 Å². The second kappa shape index (κ2) is 8.63. The van der Waals surface area contributed by atoms with Crippen LogP contribution in [0.4, 0.5) is 13.2 Å². The topological polar surface area (TPSA) is 64.3 Å². The summed E-state index contributed by atoms with van der Waals surface area (Å²) in [5, 5.41) is 14.2. The molecule has 8 heteroatoms. The molecule has 33 heavy (non-hydrogen) atoms. The molecule has 1 aromatic heterocycles. The Bertz CT molecular complexity index is 1080. The van der Waals surface area contributed by atoms with Crippen molar-refractivity contribution in [3.05, 3.63) is 47.3 Å². The Morgan fingerprint density at radius 2 is 1.91 bits per heavy atom. The first-order valence-corrected chi connectivity index (χ1v) is 10.9. The summed E-state index contributed by atoms with van der Waals surface area (Å²) in [7, 11) is 1.72. The maximum atomic E-state index is 14.2. The number of carboxylic acid groups (broad SMARTS) is 1. The van der Waals surface area contributed by atoms with Gasteiger partial charge in [-0.15, -0.1) is 0 Å². The number of aliphatic carboxylic acids is 1. The monoisotopic (exact) mass is 464 g/mol. The Labute approximate surface area is 192 Å². The molecule has 1 aliphatic carbocycles. The van der Waals surface area contributed by atoms with Gasteiger partial charge >= 0.3 is 12.1 Å². The van der Waals surface area contributed by atoms with Gasteiger partial charge in [-0.05, 0) is 68.2 Å². The lowest BCUT2D eigenvalue weighted by molar-refractivity contribution is -0.163.